The molecule has 0 aromatic rings. The Labute approximate surface area is 84.2 Å². The van der Waals surface area contributed by atoms with E-state index in [0.717, 1.165) is 19.3 Å². The molecule has 4 nitrogen and oxygen atoms in total. The van der Waals surface area contributed by atoms with E-state index in [0.29, 0.717) is 6.04 Å². The SMILES string of the molecule is O=C(NO)C1CCC(N2CCCC2)C1. The van der Waals surface area contributed by atoms with Crippen molar-refractivity contribution in [2.75, 3.05) is 13.1 Å². The van der Waals surface area contributed by atoms with Crippen molar-refractivity contribution in [3.63, 3.8) is 0 Å². The van der Waals surface area contributed by atoms with Gasteiger partial charge in [0.25, 0.3) is 0 Å². The van der Waals surface area contributed by atoms with Crippen LogP contribution in [0.1, 0.15) is 32.1 Å². The first-order chi connectivity index (χ1) is 6.81. The van der Waals surface area contributed by atoms with Gasteiger partial charge in [-0.2, -0.15) is 0 Å². The summed E-state index contributed by atoms with van der Waals surface area (Å²) in [6.07, 6.45) is 5.55. The zero-order valence-electron chi connectivity index (χ0n) is 8.41. The second-order valence-electron chi connectivity index (χ2n) is 4.38. The third kappa shape index (κ3) is 1.91. The van der Waals surface area contributed by atoms with Gasteiger partial charge in [0.2, 0.25) is 5.91 Å². The maximum absolute atomic E-state index is 11.2. The largest absolute Gasteiger partial charge is 0.300 e. The number of rotatable bonds is 2. The molecule has 0 spiro atoms. The molecule has 0 radical (unpaired) electrons. The van der Waals surface area contributed by atoms with Gasteiger partial charge in [-0.05, 0) is 45.2 Å². The molecule has 2 fully saturated rings. The quantitative estimate of drug-likeness (QED) is 0.508. The summed E-state index contributed by atoms with van der Waals surface area (Å²) < 4.78 is 0. The summed E-state index contributed by atoms with van der Waals surface area (Å²) in [5.41, 5.74) is 1.76. The molecule has 80 valence electrons. The lowest BCUT2D eigenvalue weighted by Gasteiger charge is -2.22. The zero-order chi connectivity index (χ0) is 9.97. The fourth-order valence-corrected chi connectivity index (χ4v) is 2.73. The summed E-state index contributed by atoms with van der Waals surface area (Å²) in [7, 11) is 0. The molecule has 1 aliphatic carbocycles. The predicted octanol–water partition coefficient (Wildman–Crippen LogP) is 0.756. The van der Waals surface area contributed by atoms with Crippen LogP contribution in [0.25, 0.3) is 0 Å². The first kappa shape index (κ1) is 9.93. The molecule has 1 aliphatic heterocycles. The van der Waals surface area contributed by atoms with Crippen LogP contribution in [0.3, 0.4) is 0 Å². The van der Waals surface area contributed by atoms with Gasteiger partial charge in [0, 0.05) is 12.0 Å². The van der Waals surface area contributed by atoms with Crippen LogP contribution in [-0.2, 0) is 4.79 Å². The molecule has 1 saturated heterocycles. The number of hydrogen-bond donors (Lipinski definition) is 2. The molecular weight excluding hydrogens is 180 g/mol. The van der Waals surface area contributed by atoms with Crippen LogP contribution >= 0.6 is 0 Å². The van der Waals surface area contributed by atoms with Gasteiger partial charge in [0.15, 0.2) is 0 Å². The van der Waals surface area contributed by atoms with Gasteiger partial charge in [-0.3, -0.25) is 10.0 Å². The van der Waals surface area contributed by atoms with Crippen molar-refractivity contribution in [1.29, 1.82) is 0 Å². The molecule has 1 heterocycles. The molecule has 2 atom stereocenters. The standard InChI is InChI=1S/C10H18N2O2/c13-10(11-14)8-3-4-9(7-8)12-5-1-2-6-12/h8-9,14H,1-7H2,(H,11,13). The average Bonchev–Trinajstić information content (AvgIpc) is 2.86. The summed E-state index contributed by atoms with van der Waals surface area (Å²) in [5.74, 6) is -0.169. The van der Waals surface area contributed by atoms with E-state index in [4.69, 9.17) is 5.21 Å². The maximum Gasteiger partial charge on any atom is 0.246 e. The highest BCUT2D eigenvalue weighted by Crippen LogP contribution is 2.31. The Hall–Kier alpha value is -0.610. The highest BCUT2D eigenvalue weighted by Gasteiger charge is 2.33. The van der Waals surface area contributed by atoms with Crippen molar-refractivity contribution >= 4 is 5.91 Å². The van der Waals surface area contributed by atoms with Crippen molar-refractivity contribution in [1.82, 2.24) is 10.4 Å². The molecule has 14 heavy (non-hydrogen) atoms. The van der Waals surface area contributed by atoms with Crippen molar-refractivity contribution in [3.8, 4) is 0 Å². The molecule has 2 aliphatic rings. The summed E-state index contributed by atoms with van der Waals surface area (Å²) in [6.45, 7) is 2.39. The lowest BCUT2D eigenvalue weighted by atomic mass is 10.1. The normalized spacial score (nSPS) is 33.5. The molecule has 1 saturated carbocycles. The fourth-order valence-electron chi connectivity index (χ4n) is 2.73. The van der Waals surface area contributed by atoms with Crippen LogP contribution in [0, 0.1) is 5.92 Å². The van der Waals surface area contributed by atoms with Crippen LogP contribution in [0.5, 0.6) is 0 Å². The van der Waals surface area contributed by atoms with E-state index in [2.05, 4.69) is 4.90 Å². The number of nitrogens with zero attached hydrogens (tertiary/aromatic N) is 1. The summed E-state index contributed by atoms with van der Waals surface area (Å²) in [5, 5.41) is 8.53. The Balaban J connectivity index is 1.84. The Kier molecular flexibility index (Phi) is 3.03. The van der Waals surface area contributed by atoms with Gasteiger partial charge < -0.3 is 4.90 Å². The van der Waals surface area contributed by atoms with Crippen molar-refractivity contribution in [2.24, 2.45) is 5.92 Å². The first-order valence-corrected chi connectivity index (χ1v) is 5.49. The minimum Gasteiger partial charge on any atom is -0.300 e. The second-order valence-corrected chi connectivity index (χ2v) is 4.38. The summed E-state index contributed by atoms with van der Waals surface area (Å²) in [4.78, 5) is 13.7. The molecule has 0 aromatic heterocycles. The van der Waals surface area contributed by atoms with Crippen LogP contribution in [-0.4, -0.2) is 35.1 Å². The van der Waals surface area contributed by atoms with Gasteiger partial charge in [-0.25, -0.2) is 5.48 Å². The Bertz CT molecular complexity index is 214. The van der Waals surface area contributed by atoms with E-state index in [1.807, 2.05) is 0 Å². The van der Waals surface area contributed by atoms with Crippen LogP contribution in [0.15, 0.2) is 0 Å². The summed E-state index contributed by atoms with van der Waals surface area (Å²) >= 11 is 0. The second kappa shape index (κ2) is 4.28. The number of likely N-dealkylation sites (tertiary alicyclic amines) is 1. The predicted molar refractivity (Wildman–Crippen MR) is 51.9 cm³/mol. The molecule has 0 aromatic carbocycles. The number of nitrogens with one attached hydrogen (secondary N) is 1. The fraction of sp³-hybridized carbons (Fsp3) is 0.900. The highest BCUT2D eigenvalue weighted by molar-refractivity contribution is 5.77. The van der Waals surface area contributed by atoms with Gasteiger partial charge in [0.1, 0.15) is 0 Å². The van der Waals surface area contributed by atoms with E-state index >= 15 is 0 Å². The Morgan fingerprint density at radius 3 is 2.64 bits per heavy atom. The van der Waals surface area contributed by atoms with Crippen molar-refractivity contribution in [3.05, 3.63) is 0 Å². The van der Waals surface area contributed by atoms with Crippen LogP contribution < -0.4 is 5.48 Å². The molecule has 2 unspecified atom stereocenters. The molecule has 1 amide bonds. The monoisotopic (exact) mass is 198 g/mol. The van der Waals surface area contributed by atoms with Gasteiger partial charge >= 0.3 is 0 Å². The van der Waals surface area contributed by atoms with Crippen molar-refractivity contribution < 1.29 is 10.0 Å². The van der Waals surface area contributed by atoms with E-state index in [9.17, 15) is 4.79 Å². The van der Waals surface area contributed by atoms with Crippen molar-refractivity contribution in [2.45, 2.75) is 38.1 Å². The third-order valence-corrected chi connectivity index (χ3v) is 3.54. The zero-order valence-corrected chi connectivity index (χ0v) is 8.41. The molecule has 0 bridgehead atoms. The van der Waals surface area contributed by atoms with E-state index in [1.165, 1.54) is 25.9 Å². The van der Waals surface area contributed by atoms with Crippen LogP contribution in [0.2, 0.25) is 0 Å². The minimum absolute atomic E-state index is 0.0330. The number of hydroxylamine groups is 1. The molecule has 4 heteroatoms. The average molecular weight is 198 g/mol. The first-order valence-electron chi connectivity index (χ1n) is 5.49. The number of carbonyl (C=O) groups excluding carboxylic acids is 1. The smallest absolute Gasteiger partial charge is 0.246 e. The molecule has 2 N–H and O–H groups in total. The summed E-state index contributed by atoms with van der Waals surface area (Å²) in [6, 6.07) is 0.583. The minimum atomic E-state index is -0.202. The van der Waals surface area contributed by atoms with E-state index in [-0.39, 0.29) is 11.8 Å². The lowest BCUT2D eigenvalue weighted by molar-refractivity contribution is -0.133. The Morgan fingerprint density at radius 1 is 1.29 bits per heavy atom. The van der Waals surface area contributed by atoms with E-state index in [1.54, 1.807) is 5.48 Å². The number of amides is 1. The maximum atomic E-state index is 11.2. The molecular formula is C10H18N2O2. The Morgan fingerprint density at radius 2 is 2.00 bits per heavy atom. The number of hydrogen-bond acceptors (Lipinski definition) is 3. The van der Waals surface area contributed by atoms with Crippen LogP contribution in [0.4, 0.5) is 0 Å². The van der Waals surface area contributed by atoms with Gasteiger partial charge in [-0.1, -0.05) is 0 Å². The number of carbonyl (C=O) groups is 1. The van der Waals surface area contributed by atoms with E-state index < -0.39 is 0 Å². The highest BCUT2D eigenvalue weighted by atomic mass is 16.5. The third-order valence-electron chi connectivity index (χ3n) is 3.54. The lowest BCUT2D eigenvalue weighted by Crippen LogP contribution is -2.32. The van der Waals surface area contributed by atoms with Gasteiger partial charge in [0.05, 0.1) is 0 Å². The topological polar surface area (TPSA) is 52.6 Å². The van der Waals surface area contributed by atoms with Gasteiger partial charge in [-0.15, -0.1) is 0 Å². The molecule has 2 rings (SSSR count).